The molecule has 0 aliphatic carbocycles. The largest absolute Gasteiger partial charge is 0.493 e. The highest BCUT2D eigenvalue weighted by molar-refractivity contribution is 5.71. The van der Waals surface area contributed by atoms with Gasteiger partial charge in [-0.1, -0.05) is 12.1 Å². The summed E-state index contributed by atoms with van der Waals surface area (Å²) in [5.41, 5.74) is 1.05. The zero-order valence-electron chi connectivity index (χ0n) is 20.2. The Kier molecular flexibility index (Phi) is 7.52. The summed E-state index contributed by atoms with van der Waals surface area (Å²) in [7, 11) is 4.55. The number of nitro groups is 1. The van der Waals surface area contributed by atoms with Gasteiger partial charge in [-0.15, -0.1) is 0 Å². The molecule has 2 heterocycles. The number of rotatable bonds is 9. The molecule has 12 heteroatoms. The van der Waals surface area contributed by atoms with Crippen molar-refractivity contribution in [3.63, 3.8) is 0 Å². The van der Waals surface area contributed by atoms with Gasteiger partial charge < -0.3 is 29.3 Å². The molecule has 1 aliphatic heterocycles. The van der Waals surface area contributed by atoms with Gasteiger partial charge in [0, 0.05) is 32.7 Å². The second-order valence-electron chi connectivity index (χ2n) is 7.96. The molecule has 1 aliphatic rings. The molecule has 1 fully saturated rings. The van der Waals surface area contributed by atoms with Crippen molar-refractivity contribution < 1.29 is 23.5 Å². The highest BCUT2D eigenvalue weighted by Crippen LogP contribution is 2.39. The molecule has 4 rings (SSSR count). The van der Waals surface area contributed by atoms with Crippen LogP contribution in [0.1, 0.15) is 5.56 Å². The minimum absolute atomic E-state index is 0.0929. The van der Waals surface area contributed by atoms with Gasteiger partial charge >= 0.3 is 5.69 Å². The molecule has 1 N–H and O–H groups in total. The summed E-state index contributed by atoms with van der Waals surface area (Å²) < 4.78 is 30.3. The third-order valence-electron chi connectivity index (χ3n) is 5.94. The number of halogens is 1. The molecule has 1 aromatic heterocycles. The van der Waals surface area contributed by atoms with Crippen molar-refractivity contribution in [2.45, 2.75) is 6.54 Å². The third kappa shape index (κ3) is 5.02. The lowest BCUT2D eigenvalue weighted by molar-refractivity contribution is -0.383. The molecule has 0 radical (unpaired) electrons. The summed E-state index contributed by atoms with van der Waals surface area (Å²) in [6.45, 7) is 2.10. The molecule has 1 saturated heterocycles. The van der Waals surface area contributed by atoms with Crippen molar-refractivity contribution in [1.29, 1.82) is 0 Å². The number of methoxy groups -OCH3 is 3. The van der Waals surface area contributed by atoms with E-state index in [1.807, 2.05) is 9.80 Å². The monoisotopic (exact) mass is 498 g/mol. The van der Waals surface area contributed by atoms with E-state index in [2.05, 4.69) is 15.3 Å². The zero-order chi connectivity index (χ0) is 25.7. The fraction of sp³-hybridized carbons (Fsp3) is 0.333. The molecule has 0 amide bonds. The lowest BCUT2D eigenvalue weighted by Gasteiger charge is -2.36. The molecule has 0 spiro atoms. The van der Waals surface area contributed by atoms with Crippen LogP contribution in [-0.2, 0) is 6.54 Å². The second-order valence-corrected chi connectivity index (χ2v) is 7.96. The fourth-order valence-electron chi connectivity index (χ4n) is 4.19. The molecular weight excluding hydrogens is 471 g/mol. The predicted octanol–water partition coefficient (Wildman–Crippen LogP) is 3.49. The van der Waals surface area contributed by atoms with Crippen molar-refractivity contribution in [3.05, 3.63) is 64.2 Å². The lowest BCUT2D eigenvalue weighted by atomic mass is 10.1. The number of nitrogens with zero attached hydrogens (tertiary/aromatic N) is 5. The van der Waals surface area contributed by atoms with E-state index in [4.69, 9.17) is 14.2 Å². The van der Waals surface area contributed by atoms with Crippen molar-refractivity contribution in [3.8, 4) is 17.2 Å². The molecule has 0 unspecified atom stereocenters. The maximum Gasteiger partial charge on any atom is 0.353 e. The molecule has 0 bridgehead atoms. The van der Waals surface area contributed by atoms with Crippen LogP contribution in [0.3, 0.4) is 0 Å². The second kappa shape index (κ2) is 10.9. The summed E-state index contributed by atoms with van der Waals surface area (Å²) in [5, 5.41) is 15.1. The lowest BCUT2D eigenvalue weighted by Crippen LogP contribution is -2.47. The Morgan fingerprint density at radius 1 is 1.00 bits per heavy atom. The van der Waals surface area contributed by atoms with Crippen LogP contribution in [-0.4, -0.2) is 62.4 Å². The molecular formula is C24H27FN6O5. The average molecular weight is 499 g/mol. The van der Waals surface area contributed by atoms with Gasteiger partial charge in [0.15, 0.2) is 11.5 Å². The first-order chi connectivity index (χ1) is 17.5. The molecule has 190 valence electrons. The normalized spacial score (nSPS) is 13.3. The van der Waals surface area contributed by atoms with E-state index < -0.39 is 4.92 Å². The van der Waals surface area contributed by atoms with Crippen molar-refractivity contribution in [2.24, 2.45) is 0 Å². The molecule has 11 nitrogen and oxygen atoms in total. The summed E-state index contributed by atoms with van der Waals surface area (Å²) in [4.78, 5) is 23.6. The van der Waals surface area contributed by atoms with Gasteiger partial charge in [-0.25, -0.2) is 14.4 Å². The molecule has 0 atom stereocenters. The number of nitrogens with one attached hydrogen (secondary N) is 1. The number of aromatic nitrogens is 2. The minimum Gasteiger partial charge on any atom is -0.493 e. The maximum absolute atomic E-state index is 14.2. The number of piperazine rings is 1. The number of anilines is 3. The third-order valence-corrected chi connectivity index (χ3v) is 5.94. The quantitative estimate of drug-likeness (QED) is 0.347. The summed E-state index contributed by atoms with van der Waals surface area (Å²) in [5.74, 6) is 1.41. The number of benzene rings is 2. The Bertz CT molecular complexity index is 1210. The van der Waals surface area contributed by atoms with Crippen LogP contribution in [0.25, 0.3) is 0 Å². The first-order valence-electron chi connectivity index (χ1n) is 11.2. The van der Waals surface area contributed by atoms with Gasteiger partial charge in [0.25, 0.3) is 0 Å². The summed E-state index contributed by atoms with van der Waals surface area (Å²) in [6.07, 6.45) is 1.29. The minimum atomic E-state index is -0.490. The highest BCUT2D eigenvalue weighted by atomic mass is 19.1. The van der Waals surface area contributed by atoms with E-state index in [0.29, 0.717) is 49.1 Å². The molecule has 2 aromatic carbocycles. The van der Waals surface area contributed by atoms with Crippen LogP contribution >= 0.6 is 0 Å². The van der Waals surface area contributed by atoms with Crippen LogP contribution < -0.4 is 29.3 Å². The van der Waals surface area contributed by atoms with E-state index >= 15 is 0 Å². The Balaban J connectivity index is 1.53. The van der Waals surface area contributed by atoms with Gasteiger partial charge in [0.05, 0.1) is 31.9 Å². The first-order valence-corrected chi connectivity index (χ1v) is 11.2. The maximum atomic E-state index is 14.2. The smallest absolute Gasteiger partial charge is 0.353 e. The Labute approximate surface area is 207 Å². The highest BCUT2D eigenvalue weighted by Gasteiger charge is 2.30. The van der Waals surface area contributed by atoms with Gasteiger partial charge in [-0.2, -0.15) is 0 Å². The average Bonchev–Trinajstić information content (AvgIpc) is 2.91. The molecule has 36 heavy (non-hydrogen) atoms. The fourth-order valence-corrected chi connectivity index (χ4v) is 4.19. The van der Waals surface area contributed by atoms with E-state index in [-0.39, 0.29) is 29.7 Å². The standard InChI is InChI=1S/C24H27FN6O5/c1-34-19-12-16(13-20(35-2)22(19)36-3)14-26-23-21(31(32)33)24(28-15-27-23)30-10-8-29(9-11-30)18-7-5-4-6-17(18)25/h4-7,12-13,15H,8-11,14H2,1-3H3,(H,26,27,28). The van der Waals surface area contributed by atoms with Crippen molar-refractivity contribution in [1.82, 2.24) is 9.97 Å². The van der Waals surface area contributed by atoms with Crippen LogP contribution in [0.2, 0.25) is 0 Å². The van der Waals surface area contributed by atoms with E-state index in [1.54, 1.807) is 30.3 Å². The Morgan fingerprint density at radius 2 is 1.64 bits per heavy atom. The van der Waals surface area contributed by atoms with Crippen LogP contribution in [0, 0.1) is 15.9 Å². The summed E-state index contributed by atoms with van der Waals surface area (Å²) in [6, 6.07) is 10.1. The molecule has 3 aromatic rings. The van der Waals surface area contributed by atoms with Crippen LogP contribution in [0.5, 0.6) is 17.2 Å². The van der Waals surface area contributed by atoms with Crippen LogP contribution in [0.15, 0.2) is 42.7 Å². The SMILES string of the molecule is COc1cc(CNc2ncnc(N3CCN(c4ccccc4F)CC3)c2[N+](=O)[O-])cc(OC)c1OC. The Morgan fingerprint density at radius 3 is 2.22 bits per heavy atom. The van der Waals surface area contributed by atoms with Gasteiger partial charge in [0.1, 0.15) is 12.1 Å². The van der Waals surface area contributed by atoms with Gasteiger partial charge in [0.2, 0.25) is 17.4 Å². The predicted molar refractivity (Wildman–Crippen MR) is 133 cm³/mol. The topological polar surface area (TPSA) is 115 Å². The van der Waals surface area contributed by atoms with Crippen molar-refractivity contribution in [2.75, 3.05) is 62.6 Å². The van der Waals surface area contributed by atoms with Crippen LogP contribution in [0.4, 0.5) is 27.4 Å². The number of hydrogen-bond acceptors (Lipinski definition) is 10. The van der Waals surface area contributed by atoms with Crippen molar-refractivity contribution >= 4 is 23.0 Å². The zero-order valence-corrected chi connectivity index (χ0v) is 20.2. The van der Waals surface area contributed by atoms with E-state index in [1.165, 1.54) is 33.7 Å². The van der Waals surface area contributed by atoms with E-state index in [0.717, 1.165) is 5.56 Å². The Hall–Kier alpha value is -4.35. The molecule has 0 saturated carbocycles. The van der Waals surface area contributed by atoms with E-state index in [9.17, 15) is 14.5 Å². The number of ether oxygens (including phenoxy) is 3. The number of hydrogen-bond donors (Lipinski definition) is 1. The summed E-state index contributed by atoms with van der Waals surface area (Å²) >= 11 is 0. The van der Waals surface area contributed by atoms with Gasteiger partial charge in [-0.3, -0.25) is 10.1 Å². The van der Waals surface area contributed by atoms with Gasteiger partial charge in [-0.05, 0) is 29.8 Å². The first kappa shape index (κ1) is 24.8. The number of para-hydroxylation sites is 1.